The molecule has 5 heteroatoms. The Morgan fingerprint density at radius 2 is 2.11 bits per heavy atom. The van der Waals surface area contributed by atoms with Crippen LogP contribution in [-0.2, 0) is 6.54 Å². The van der Waals surface area contributed by atoms with Crippen LogP contribution in [0.5, 0.6) is 0 Å². The van der Waals surface area contributed by atoms with Crippen LogP contribution < -0.4 is 16.4 Å². The van der Waals surface area contributed by atoms with Gasteiger partial charge in [0.15, 0.2) is 0 Å². The van der Waals surface area contributed by atoms with Crippen LogP contribution in [0.2, 0.25) is 0 Å². The van der Waals surface area contributed by atoms with Crippen LogP contribution in [0.3, 0.4) is 0 Å². The summed E-state index contributed by atoms with van der Waals surface area (Å²) >= 11 is 1.76. The van der Waals surface area contributed by atoms with Crippen molar-refractivity contribution in [2.45, 2.75) is 13.5 Å². The van der Waals surface area contributed by atoms with E-state index >= 15 is 0 Å². The molecule has 2 aromatic rings. The van der Waals surface area contributed by atoms with E-state index < -0.39 is 0 Å². The third kappa shape index (κ3) is 3.26. The van der Waals surface area contributed by atoms with E-state index in [1.54, 1.807) is 30.5 Å². The molecule has 100 valence electrons. The predicted molar refractivity (Wildman–Crippen MR) is 80.6 cm³/mol. The van der Waals surface area contributed by atoms with Gasteiger partial charge in [0.05, 0.1) is 11.4 Å². The predicted octanol–water partition coefficient (Wildman–Crippen LogP) is 2.61. The summed E-state index contributed by atoms with van der Waals surface area (Å²) in [5, 5.41) is 5.86. The number of benzene rings is 1. The van der Waals surface area contributed by atoms with Gasteiger partial charge < -0.3 is 16.4 Å². The molecule has 1 amide bonds. The van der Waals surface area contributed by atoms with Crippen molar-refractivity contribution in [2.24, 2.45) is 0 Å². The van der Waals surface area contributed by atoms with Gasteiger partial charge in [-0.05, 0) is 37.3 Å². The molecule has 0 atom stereocenters. The Balaban J connectivity index is 2.07. The van der Waals surface area contributed by atoms with Gasteiger partial charge in [0.25, 0.3) is 5.91 Å². The zero-order chi connectivity index (χ0) is 13.8. The van der Waals surface area contributed by atoms with Crippen molar-refractivity contribution in [3.05, 3.63) is 45.6 Å². The maximum absolute atomic E-state index is 11.5. The highest BCUT2D eigenvalue weighted by molar-refractivity contribution is 7.11. The van der Waals surface area contributed by atoms with Crippen molar-refractivity contribution < 1.29 is 4.79 Å². The van der Waals surface area contributed by atoms with Crippen LogP contribution >= 0.6 is 11.3 Å². The summed E-state index contributed by atoms with van der Waals surface area (Å²) in [7, 11) is 1.60. The van der Waals surface area contributed by atoms with Gasteiger partial charge in [0.2, 0.25) is 0 Å². The Morgan fingerprint density at radius 3 is 2.68 bits per heavy atom. The van der Waals surface area contributed by atoms with Crippen LogP contribution in [0.15, 0.2) is 30.3 Å². The molecule has 0 saturated carbocycles. The molecule has 0 aliphatic carbocycles. The Kier molecular flexibility index (Phi) is 4.06. The summed E-state index contributed by atoms with van der Waals surface area (Å²) in [4.78, 5) is 14.0. The first-order chi connectivity index (χ1) is 9.10. The largest absolute Gasteiger partial charge is 0.397 e. The zero-order valence-electron chi connectivity index (χ0n) is 11.0. The first-order valence-corrected chi connectivity index (χ1v) is 6.82. The van der Waals surface area contributed by atoms with Crippen molar-refractivity contribution in [1.82, 2.24) is 5.32 Å². The average molecular weight is 275 g/mol. The highest BCUT2D eigenvalue weighted by Gasteiger charge is 2.06. The number of aryl methyl sites for hydroxylation is 1. The lowest BCUT2D eigenvalue weighted by Gasteiger charge is -2.09. The fraction of sp³-hybridized carbons (Fsp3) is 0.214. The third-order valence-corrected chi connectivity index (χ3v) is 3.79. The molecule has 0 radical (unpaired) electrons. The lowest BCUT2D eigenvalue weighted by molar-refractivity contribution is 0.0963. The Morgan fingerprint density at radius 1 is 1.32 bits per heavy atom. The maximum atomic E-state index is 11.5. The van der Waals surface area contributed by atoms with Crippen LogP contribution in [0, 0.1) is 6.92 Å². The number of hydrogen-bond acceptors (Lipinski definition) is 4. The maximum Gasteiger partial charge on any atom is 0.251 e. The molecule has 1 aromatic heterocycles. The van der Waals surface area contributed by atoms with Crippen molar-refractivity contribution in [3.8, 4) is 0 Å². The van der Waals surface area contributed by atoms with E-state index in [-0.39, 0.29) is 5.91 Å². The number of rotatable bonds is 4. The van der Waals surface area contributed by atoms with E-state index in [0.717, 1.165) is 12.2 Å². The Labute approximate surface area is 116 Å². The minimum atomic E-state index is -0.132. The van der Waals surface area contributed by atoms with Gasteiger partial charge >= 0.3 is 0 Å². The molecule has 0 saturated heterocycles. The highest BCUT2D eigenvalue weighted by atomic mass is 32.1. The van der Waals surface area contributed by atoms with E-state index in [9.17, 15) is 4.79 Å². The van der Waals surface area contributed by atoms with Crippen LogP contribution in [0.4, 0.5) is 11.4 Å². The molecule has 0 spiro atoms. The molecule has 0 fully saturated rings. The molecule has 4 nitrogen and oxygen atoms in total. The molecule has 1 heterocycles. The summed E-state index contributed by atoms with van der Waals surface area (Å²) in [5.74, 6) is -0.132. The SMILES string of the molecule is CNC(=O)c1ccc(NCc2ccc(C)s2)c(N)c1. The molecule has 1 aromatic carbocycles. The monoisotopic (exact) mass is 275 g/mol. The third-order valence-electron chi connectivity index (χ3n) is 2.79. The number of amides is 1. The van der Waals surface area contributed by atoms with Gasteiger partial charge in [-0.25, -0.2) is 0 Å². The Bertz CT molecular complexity index is 592. The number of anilines is 2. The number of carbonyl (C=O) groups excluding carboxylic acids is 1. The van der Waals surface area contributed by atoms with Gasteiger partial charge in [0, 0.05) is 28.9 Å². The number of thiophene rings is 1. The summed E-state index contributed by atoms with van der Waals surface area (Å²) in [6, 6.07) is 9.47. The van der Waals surface area contributed by atoms with Crippen LogP contribution in [0.25, 0.3) is 0 Å². The van der Waals surface area contributed by atoms with E-state index in [1.807, 2.05) is 6.07 Å². The van der Waals surface area contributed by atoms with Gasteiger partial charge in [-0.2, -0.15) is 0 Å². The van der Waals surface area contributed by atoms with Crippen molar-refractivity contribution in [2.75, 3.05) is 18.1 Å². The quantitative estimate of drug-likeness (QED) is 0.751. The van der Waals surface area contributed by atoms with Crippen LogP contribution in [-0.4, -0.2) is 13.0 Å². The number of nitrogens with one attached hydrogen (secondary N) is 2. The molecular weight excluding hydrogens is 258 g/mol. The minimum Gasteiger partial charge on any atom is -0.397 e. The van der Waals surface area contributed by atoms with Gasteiger partial charge in [-0.3, -0.25) is 4.79 Å². The summed E-state index contributed by atoms with van der Waals surface area (Å²) in [5.41, 5.74) is 7.94. The lowest BCUT2D eigenvalue weighted by atomic mass is 10.1. The number of carbonyl (C=O) groups is 1. The van der Waals surface area contributed by atoms with Crippen molar-refractivity contribution >= 4 is 28.6 Å². The summed E-state index contributed by atoms with van der Waals surface area (Å²) in [6.45, 7) is 2.82. The summed E-state index contributed by atoms with van der Waals surface area (Å²) in [6.07, 6.45) is 0. The second-order valence-corrected chi connectivity index (χ2v) is 5.62. The number of nitrogen functional groups attached to an aromatic ring is 1. The molecule has 2 rings (SSSR count). The molecule has 0 aliphatic rings. The van der Waals surface area contributed by atoms with Gasteiger partial charge in [-0.15, -0.1) is 11.3 Å². The van der Waals surface area contributed by atoms with Crippen LogP contribution in [0.1, 0.15) is 20.1 Å². The molecule has 0 unspecified atom stereocenters. The lowest BCUT2D eigenvalue weighted by Crippen LogP contribution is -2.18. The smallest absolute Gasteiger partial charge is 0.251 e. The molecule has 0 bridgehead atoms. The summed E-state index contributed by atoms with van der Waals surface area (Å²) < 4.78 is 0. The normalized spacial score (nSPS) is 10.2. The van der Waals surface area contributed by atoms with E-state index in [2.05, 4.69) is 29.7 Å². The van der Waals surface area contributed by atoms with Crippen molar-refractivity contribution in [3.63, 3.8) is 0 Å². The standard InChI is InChI=1S/C14H17N3OS/c1-9-3-5-11(19-9)8-17-13-6-4-10(7-12(13)15)14(18)16-2/h3-7,17H,8,15H2,1-2H3,(H,16,18). The van der Waals surface area contributed by atoms with E-state index in [4.69, 9.17) is 5.73 Å². The fourth-order valence-electron chi connectivity index (χ4n) is 1.77. The molecular formula is C14H17N3OS. The number of hydrogen-bond donors (Lipinski definition) is 3. The number of nitrogens with two attached hydrogens (primary N) is 1. The Hall–Kier alpha value is -2.01. The molecule has 0 aliphatic heterocycles. The van der Waals surface area contributed by atoms with E-state index in [1.165, 1.54) is 9.75 Å². The first-order valence-electron chi connectivity index (χ1n) is 6.01. The topological polar surface area (TPSA) is 67.2 Å². The second kappa shape index (κ2) is 5.75. The van der Waals surface area contributed by atoms with Gasteiger partial charge in [-0.1, -0.05) is 0 Å². The van der Waals surface area contributed by atoms with E-state index in [0.29, 0.717) is 11.3 Å². The first kappa shape index (κ1) is 13.4. The second-order valence-electron chi connectivity index (χ2n) is 4.25. The molecule has 4 N–H and O–H groups in total. The van der Waals surface area contributed by atoms with Crippen molar-refractivity contribution in [1.29, 1.82) is 0 Å². The zero-order valence-corrected chi connectivity index (χ0v) is 11.8. The highest BCUT2D eigenvalue weighted by Crippen LogP contribution is 2.22. The molecule has 19 heavy (non-hydrogen) atoms. The fourth-order valence-corrected chi connectivity index (χ4v) is 2.60. The average Bonchev–Trinajstić information content (AvgIpc) is 2.82. The minimum absolute atomic E-state index is 0.132. The van der Waals surface area contributed by atoms with Gasteiger partial charge in [0.1, 0.15) is 0 Å².